The summed E-state index contributed by atoms with van der Waals surface area (Å²) in [4.78, 5) is 17.1. The fraction of sp³-hybridized carbons (Fsp3) is 1.00. The first-order valence-electron chi connectivity index (χ1n) is 4.23. The highest BCUT2D eigenvalue weighted by molar-refractivity contribution is 7.46. The fourth-order valence-electron chi connectivity index (χ4n) is 1.45. The second-order valence-electron chi connectivity index (χ2n) is 3.40. The van der Waals surface area contributed by atoms with E-state index in [0.717, 1.165) is 0 Å². The molecule has 4 atom stereocenters. The Hall–Kier alpha value is 0.0949. The van der Waals surface area contributed by atoms with Crippen molar-refractivity contribution in [3.8, 4) is 0 Å². The number of rotatable bonds is 3. The van der Waals surface area contributed by atoms with Crippen molar-refractivity contribution in [2.24, 2.45) is 0 Å². The normalized spacial score (nSPS) is 35.9. The number of hydrogen-bond acceptors (Lipinski definition) is 4. The van der Waals surface area contributed by atoms with Gasteiger partial charge in [-0.3, -0.25) is 4.52 Å². The predicted octanol–water partition coefficient (Wildman–Crippen LogP) is -1.30. The van der Waals surface area contributed by atoms with E-state index in [9.17, 15) is 9.67 Å². The molecule has 0 aromatic rings. The molecule has 0 amide bonds. The molecule has 1 saturated heterocycles. The Labute approximate surface area is 83.3 Å². The Morgan fingerprint density at radius 2 is 2.21 bits per heavy atom. The number of aliphatic hydroxyl groups is 1. The summed E-state index contributed by atoms with van der Waals surface area (Å²) in [6.45, 7) is 1.52. The molecule has 6 nitrogen and oxygen atoms in total. The summed E-state index contributed by atoms with van der Waals surface area (Å²) >= 11 is 0. The van der Waals surface area contributed by atoms with Crippen molar-refractivity contribution >= 4 is 15.7 Å². The van der Waals surface area contributed by atoms with Crippen molar-refractivity contribution in [3.05, 3.63) is 0 Å². The summed E-state index contributed by atoms with van der Waals surface area (Å²) in [7, 11) is 0.983. The average molecular weight is 221 g/mol. The van der Waals surface area contributed by atoms with Crippen LogP contribution in [-0.4, -0.2) is 46.9 Å². The van der Waals surface area contributed by atoms with Crippen LogP contribution >= 0.6 is 7.82 Å². The van der Waals surface area contributed by atoms with Crippen LogP contribution in [0.5, 0.6) is 0 Å². The van der Waals surface area contributed by atoms with Gasteiger partial charge in [-0.1, -0.05) is 0 Å². The molecule has 80 valence electrons. The van der Waals surface area contributed by atoms with Gasteiger partial charge >= 0.3 is 7.82 Å². The molecule has 0 aromatic carbocycles. The largest absolute Gasteiger partial charge is 0.469 e. The second kappa shape index (κ2) is 4.30. The summed E-state index contributed by atoms with van der Waals surface area (Å²) in [6.07, 6.45) is -1.08. The van der Waals surface area contributed by atoms with E-state index in [2.05, 4.69) is 9.84 Å². The molecule has 0 aromatic heterocycles. The highest BCUT2D eigenvalue weighted by Crippen LogP contribution is 2.38. The molecular weight excluding hydrogens is 208 g/mol. The average Bonchev–Trinajstić information content (AvgIpc) is 2.28. The number of aliphatic hydroxyl groups excluding tert-OH is 1. The molecule has 4 N–H and O–H groups in total. The molecule has 0 spiro atoms. The quantitative estimate of drug-likeness (QED) is 0.349. The van der Waals surface area contributed by atoms with Gasteiger partial charge in [-0.2, -0.15) is 0 Å². The summed E-state index contributed by atoms with van der Waals surface area (Å²) in [6, 6.07) is -0.340. The van der Waals surface area contributed by atoms with Crippen LogP contribution in [0.4, 0.5) is 0 Å². The van der Waals surface area contributed by atoms with Crippen LogP contribution < -0.4 is 5.32 Å². The van der Waals surface area contributed by atoms with E-state index in [1.165, 1.54) is 6.92 Å². The van der Waals surface area contributed by atoms with E-state index >= 15 is 0 Å². The first-order chi connectivity index (χ1) is 6.29. The maximum atomic E-state index is 10.5. The number of hydrogen-bond donors (Lipinski definition) is 4. The van der Waals surface area contributed by atoms with Gasteiger partial charge in [0.05, 0.1) is 20.1 Å². The maximum absolute atomic E-state index is 10.5. The van der Waals surface area contributed by atoms with Gasteiger partial charge in [-0.25, -0.2) is 4.57 Å². The Balaban J connectivity index is 2.47. The van der Waals surface area contributed by atoms with Gasteiger partial charge in [0.15, 0.2) is 0 Å². The van der Waals surface area contributed by atoms with Crippen LogP contribution in [0.25, 0.3) is 0 Å². The van der Waals surface area contributed by atoms with Crippen molar-refractivity contribution in [3.63, 3.8) is 0 Å². The molecule has 4 unspecified atom stereocenters. The Morgan fingerprint density at radius 3 is 2.57 bits per heavy atom. The van der Waals surface area contributed by atoms with E-state index in [0.29, 0.717) is 6.42 Å². The molecule has 8 heteroatoms. The van der Waals surface area contributed by atoms with Gasteiger partial charge < -0.3 is 20.2 Å². The van der Waals surface area contributed by atoms with Crippen molar-refractivity contribution in [2.45, 2.75) is 37.5 Å². The van der Waals surface area contributed by atoms with Crippen LogP contribution in [0.1, 0.15) is 13.3 Å². The van der Waals surface area contributed by atoms with Crippen LogP contribution in [0, 0.1) is 0 Å². The third kappa shape index (κ3) is 3.35. The Kier molecular flexibility index (Phi) is 3.74. The number of phosphoric acid groups is 1. The molecule has 1 rings (SSSR count). The molecule has 2 radical (unpaired) electrons. The molecule has 14 heavy (non-hydrogen) atoms. The molecule has 1 aliphatic heterocycles. The molecule has 1 fully saturated rings. The summed E-state index contributed by atoms with van der Waals surface area (Å²) in [5, 5.41) is 12.1. The topological polar surface area (TPSA) is 99.0 Å². The minimum atomic E-state index is -4.48. The molecule has 0 bridgehead atoms. The van der Waals surface area contributed by atoms with Crippen molar-refractivity contribution in [1.82, 2.24) is 5.32 Å². The number of nitrogens with one attached hydrogen (secondary N) is 1. The van der Waals surface area contributed by atoms with Gasteiger partial charge in [0.2, 0.25) is 0 Å². The minimum Gasteiger partial charge on any atom is -0.392 e. The molecule has 0 saturated carbocycles. The molecular formula is C6H13BNO5P. The number of phosphoric ester groups is 1. The highest BCUT2D eigenvalue weighted by Gasteiger charge is 2.34. The van der Waals surface area contributed by atoms with Gasteiger partial charge in [0, 0.05) is 6.04 Å². The minimum absolute atomic E-state index is 0.322. The molecule has 0 aliphatic carbocycles. The van der Waals surface area contributed by atoms with Crippen LogP contribution in [-0.2, 0) is 9.09 Å². The van der Waals surface area contributed by atoms with Crippen molar-refractivity contribution in [1.29, 1.82) is 0 Å². The first-order valence-corrected chi connectivity index (χ1v) is 5.76. The third-order valence-electron chi connectivity index (χ3n) is 2.19. The third-order valence-corrected chi connectivity index (χ3v) is 2.79. The fourth-order valence-corrected chi connectivity index (χ4v) is 2.03. The standard InChI is InChI=1S/C6H13BNO5P/c1-3(13-14(10,11)12)4-2-5(9)6(7)8-4/h3-6,8-9H,2H2,1H3,(H2,10,11,12). The highest BCUT2D eigenvalue weighted by atomic mass is 31.2. The van der Waals surface area contributed by atoms with Gasteiger partial charge in [0.1, 0.15) is 0 Å². The van der Waals surface area contributed by atoms with Gasteiger partial charge in [0.25, 0.3) is 0 Å². The van der Waals surface area contributed by atoms with Crippen LogP contribution in [0.15, 0.2) is 0 Å². The molecule has 1 aliphatic rings. The lowest BCUT2D eigenvalue weighted by Gasteiger charge is -2.20. The van der Waals surface area contributed by atoms with Crippen molar-refractivity contribution in [2.75, 3.05) is 0 Å². The zero-order valence-corrected chi connectivity index (χ0v) is 8.59. The zero-order chi connectivity index (χ0) is 10.9. The van der Waals surface area contributed by atoms with E-state index in [1.807, 2.05) is 0 Å². The van der Waals surface area contributed by atoms with Crippen molar-refractivity contribution < 1.29 is 24.0 Å². The van der Waals surface area contributed by atoms with Crippen LogP contribution in [0.2, 0.25) is 0 Å². The predicted molar refractivity (Wildman–Crippen MR) is 49.7 cm³/mol. The lowest BCUT2D eigenvalue weighted by molar-refractivity contribution is 0.113. The monoisotopic (exact) mass is 221 g/mol. The van der Waals surface area contributed by atoms with E-state index in [4.69, 9.17) is 17.6 Å². The van der Waals surface area contributed by atoms with E-state index in [-0.39, 0.29) is 6.04 Å². The smallest absolute Gasteiger partial charge is 0.392 e. The lowest BCUT2D eigenvalue weighted by atomic mass is 9.93. The lowest BCUT2D eigenvalue weighted by Crippen LogP contribution is -2.39. The summed E-state index contributed by atoms with van der Waals surface area (Å²) in [5.41, 5.74) is 0. The summed E-state index contributed by atoms with van der Waals surface area (Å²) < 4.78 is 15.0. The van der Waals surface area contributed by atoms with E-state index < -0.39 is 26.0 Å². The first kappa shape index (κ1) is 12.2. The van der Waals surface area contributed by atoms with Gasteiger partial charge in [-0.05, 0) is 19.3 Å². The Morgan fingerprint density at radius 1 is 1.64 bits per heavy atom. The Bertz CT molecular complexity index is 236. The maximum Gasteiger partial charge on any atom is 0.469 e. The summed E-state index contributed by atoms with van der Waals surface area (Å²) in [5.74, 6) is -0.567. The van der Waals surface area contributed by atoms with Gasteiger partial charge in [-0.15, -0.1) is 0 Å². The molecule has 1 heterocycles. The zero-order valence-electron chi connectivity index (χ0n) is 7.70. The second-order valence-corrected chi connectivity index (χ2v) is 4.60. The van der Waals surface area contributed by atoms with E-state index in [1.54, 1.807) is 0 Å². The van der Waals surface area contributed by atoms with Crippen LogP contribution in [0.3, 0.4) is 0 Å². The SMILES string of the molecule is [B]C1NC(C(C)OP(=O)(O)O)CC1O.